The maximum absolute atomic E-state index is 3.63. The van der Waals surface area contributed by atoms with Gasteiger partial charge in [-0.1, -0.05) is 237 Å². The summed E-state index contributed by atoms with van der Waals surface area (Å²) < 4.78 is 8.37. The van der Waals surface area contributed by atoms with Crippen molar-refractivity contribution in [1.29, 1.82) is 0 Å². The van der Waals surface area contributed by atoms with Gasteiger partial charge in [0, 0.05) is 84.7 Å². The highest BCUT2D eigenvalue weighted by atomic mass is 127. The third kappa shape index (κ3) is 10.7. The second kappa shape index (κ2) is 24.4. The zero-order valence-corrected chi connectivity index (χ0v) is 57.2. The summed E-state index contributed by atoms with van der Waals surface area (Å²) in [5, 5.41) is 13.6. The van der Waals surface area contributed by atoms with Gasteiger partial charge >= 0.3 is 0 Å². The second-order valence-corrected chi connectivity index (χ2v) is 28.5. The van der Waals surface area contributed by atoms with Gasteiger partial charge in [-0.25, -0.2) is 0 Å². The molecule has 0 saturated carbocycles. The third-order valence-electron chi connectivity index (χ3n) is 19.1. The normalized spacial score (nSPS) is 12.9. The minimum Gasteiger partial charge on any atom is -0.355 e. The Labute approximate surface area is 580 Å². The number of anilines is 5. The molecule has 7 heteroatoms. The summed E-state index contributed by atoms with van der Waals surface area (Å²) in [5.74, 6) is 0. The minimum atomic E-state index is -0.0678. The van der Waals surface area contributed by atoms with Crippen LogP contribution in [-0.4, -0.2) is 9.13 Å². The van der Waals surface area contributed by atoms with Crippen LogP contribution in [0.15, 0.2) is 312 Å². The Hall–Kier alpha value is -9.51. The molecule has 0 unspecified atom stereocenters. The predicted molar refractivity (Wildman–Crippen MR) is 417 cm³/mol. The van der Waals surface area contributed by atoms with Crippen molar-refractivity contribution in [3.05, 3.63) is 338 Å². The van der Waals surface area contributed by atoms with Crippen LogP contribution in [0.3, 0.4) is 0 Å². The quantitative estimate of drug-likeness (QED) is 0.161. The Morgan fingerprint density at radius 2 is 0.745 bits per heavy atom. The molecule has 0 amide bonds. The highest BCUT2D eigenvalue weighted by molar-refractivity contribution is 14.1. The lowest BCUT2D eigenvalue weighted by atomic mass is 9.82. The number of para-hydroxylation sites is 4. The van der Waals surface area contributed by atoms with Gasteiger partial charge in [0.25, 0.3) is 0 Å². The van der Waals surface area contributed by atoms with Crippen molar-refractivity contribution in [3.63, 3.8) is 0 Å². The van der Waals surface area contributed by atoms with E-state index < -0.39 is 0 Å². The van der Waals surface area contributed by atoms with Crippen molar-refractivity contribution in [3.8, 4) is 33.6 Å². The van der Waals surface area contributed by atoms with Crippen LogP contribution in [0.25, 0.3) is 98.8 Å². The van der Waals surface area contributed by atoms with Gasteiger partial charge in [-0.2, -0.15) is 0 Å². The Balaban J connectivity index is 0.000000134. The summed E-state index contributed by atoms with van der Waals surface area (Å²) in [6.45, 7) is 9.39. The first kappa shape index (κ1) is 60.7. The molecular weight excluding hydrogens is 1390 g/mol. The molecular formula is C87H67Br2IN4. The topological polar surface area (TPSA) is 25.1 Å². The number of hydrogen-bond acceptors (Lipinski definition) is 2. The van der Waals surface area contributed by atoms with E-state index >= 15 is 0 Å². The van der Waals surface area contributed by atoms with Crippen LogP contribution in [-0.2, 0) is 10.8 Å². The molecule has 2 heterocycles. The lowest BCUT2D eigenvalue weighted by Gasteiger charge is -2.26. The summed E-state index contributed by atoms with van der Waals surface area (Å²) >= 11 is 9.41. The molecule has 0 saturated heterocycles. The monoisotopic (exact) mass is 1450 g/mol. The van der Waals surface area contributed by atoms with Gasteiger partial charge in [0.15, 0.2) is 0 Å². The van der Waals surface area contributed by atoms with Gasteiger partial charge in [-0.05, 0) is 222 Å². The lowest BCUT2D eigenvalue weighted by molar-refractivity contribution is 0.660. The summed E-state index contributed by atoms with van der Waals surface area (Å²) in [6.07, 6.45) is 0. The Morgan fingerprint density at radius 3 is 1.33 bits per heavy atom. The third-order valence-corrected chi connectivity index (χ3v) is 20.8. The number of nitrogens with zero attached hydrogens (tertiary/aromatic N) is 3. The molecule has 94 heavy (non-hydrogen) atoms. The van der Waals surface area contributed by atoms with E-state index in [4.69, 9.17) is 0 Å². The predicted octanol–water partition coefficient (Wildman–Crippen LogP) is 26.2. The molecule has 0 atom stereocenters. The molecule has 456 valence electrons. The maximum atomic E-state index is 3.63. The number of halogens is 3. The zero-order chi connectivity index (χ0) is 63.1. The summed E-state index contributed by atoms with van der Waals surface area (Å²) in [7, 11) is 0. The van der Waals surface area contributed by atoms with E-state index in [1.165, 1.54) is 125 Å². The van der Waals surface area contributed by atoms with Crippen LogP contribution in [0.2, 0.25) is 0 Å². The molecule has 4 nitrogen and oxygen atoms in total. The highest BCUT2D eigenvalue weighted by Crippen LogP contribution is 2.52. The van der Waals surface area contributed by atoms with E-state index in [0.29, 0.717) is 0 Å². The van der Waals surface area contributed by atoms with E-state index in [2.05, 4.69) is 399 Å². The minimum absolute atomic E-state index is 0. The molecule has 0 aliphatic heterocycles. The number of fused-ring (bicyclic) bond motifs is 14. The van der Waals surface area contributed by atoms with Crippen molar-refractivity contribution >= 4 is 148 Å². The van der Waals surface area contributed by atoms with E-state index in [1.807, 2.05) is 6.07 Å². The van der Waals surface area contributed by atoms with Gasteiger partial charge in [-0.3, -0.25) is 0 Å². The Bertz CT molecular complexity index is 5570. The van der Waals surface area contributed by atoms with Gasteiger partial charge in [-0.15, -0.1) is 0 Å². The first-order valence-corrected chi connectivity index (χ1v) is 34.3. The molecule has 0 radical (unpaired) electrons. The smallest absolute Gasteiger partial charge is 0.0561 e. The van der Waals surface area contributed by atoms with E-state index in [9.17, 15) is 0 Å². The number of benzene rings is 14. The van der Waals surface area contributed by atoms with Crippen molar-refractivity contribution in [2.45, 2.75) is 46.0 Å². The molecule has 2 aromatic heterocycles. The van der Waals surface area contributed by atoms with Crippen molar-refractivity contribution in [2.24, 2.45) is 0 Å². The first-order chi connectivity index (χ1) is 45.3. The van der Waals surface area contributed by atoms with E-state index in [1.54, 1.807) is 0 Å². The molecule has 0 bridgehead atoms. The number of rotatable bonds is 7. The SMILES string of the molecule is Brc1ccc2cc(I)ccc2c1.C.CC1(C)c2ccccc2-c2ccc(-n3c4ccccc4c4ccc(N(c5ccccc5)c5ccc6cc(Br)ccc6c5)cc43)cc21.CC1(C)c2ccccc2-c2ccc(-n3c4ccccc4c4ccc(Nc5ccccc5)cc43)cc21. The van der Waals surface area contributed by atoms with Gasteiger partial charge in [0.05, 0.1) is 22.1 Å². The van der Waals surface area contributed by atoms with Crippen molar-refractivity contribution in [1.82, 2.24) is 9.13 Å². The summed E-state index contributed by atoms with van der Waals surface area (Å²) in [5.41, 5.74) is 23.6. The molecule has 0 spiro atoms. The van der Waals surface area contributed by atoms with E-state index in [0.717, 1.165) is 37.4 Å². The lowest BCUT2D eigenvalue weighted by Crippen LogP contribution is -2.15. The molecule has 2 aliphatic carbocycles. The largest absolute Gasteiger partial charge is 0.355 e. The average Bonchev–Trinajstić information content (AvgIpc) is 1.57. The van der Waals surface area contributed by atoms with Crippen molar-refractivity contribution in [2.75, 3.05) is 10.2 Å². The van der Waals surface area contributed by atoms with Gasteiger partial charge < -0.3 is 19.4 Å². The molecule has 2 aliphatic rings. The average molecular weight is 1460 g/mol. The number of nitrogens with one attached hydrogen (secondary N) is 1. The van der Waals surface area contributed by atoms with Crippen LogP contribution in [0, 0.1) is 3.57 Å². The highest BCUT2D eigenvalue weighted by Gasteiger charge is 2.37. The first-order valence-electron chi connectivity index (χ1n) is 31.6. The molecule has 16 aromatic rings. The molecule has 18 rings (SSSR count). The second-order valence-electron chi connectivity index (χ2n) is 25.4. The maximum Gasteiger partial charge on any atom is 0.0561 e. The van der Waals surface area contributed by atoms with Crippen LogP contribution >= 0.6 is 54.5 Å². The van der Waals surface area contributed by atoms with Crippen LogP contribution in [0.1, 0.15) is 57.4 Å². The Morgan fingerprint density at radius 1 is 0.319 bits per heavy atom. The molecule has 14 aromatic carbocycles. The number of hydrogen-bond donors (Lipinski definition) is 1. The molecule has 0 fully saturated rings. The van der Waals surface area contributed by atoms with Gasteiger partial charge in [0.1, 0.15) is 0 Å². The fourth-order valence-electron chi connectivity index (χ4n) is 14.6. The van der Waals surface area contributed by atoms with Crippen LogP contribution in [0.4, 0.5) is 28.4 Å². The summed E-state index contributed by atoms with van der Waals surface area (Å²) in [6, 6.07) is 110. The number of aromatic nitrogens is 2. The van der Waals surface area contributed by atoms with E-state index in [-0.39, 0.29) is 18.3 Å². The van der Waals surface area contributed by atoms with Crippen molar-refractivity contribution < 1.29 is 0 Å². The fraction of sp³-hybridized carbons (Fsp3) is 0.0805. The zero-order valence-electron chi connectivity index (χ0n) is 51.8. The Kier molecular flexibility index (Phi) is 15.8. The van der Waals surface area contributed by atoms with Gasteiger partial charge in [0.2, 0.25) is 0 Å². The fourth-order valence-corrected chi connectivity index (χ4v) is 15.9. The molecule has 1 N–H and O–H groups in total. The van der Waals surface area contributed by atoms with Crippen LogP contribution < -0.4 is 10.2 Å². The summed E-state index contributed by atoms with van der Waals surface area (Å²) in [4.78, 5) is 2.37. The van der Waals surface area contributed by atoms with Crippen LogP contribution in [0.5, 0.6) is 0 Å². The standard InChI is InChI=1S/C43H31BrN2.C33H26N2.C10H6BrI.CH4/c1-43(2)39-14-8-6-12-35(39)36-22-20-33(26-40(36)43)46-41-15-9-7-13-37(41)38-23-21-34(27-42(38)46)45(31-10-4-3-5-11-31)32-19-17-28-24-30(44)18-16-29(28)25-32;1-33(2)29-14-8-6-12-25(29)26-19-17-24(21-30(26)33)35-31-15-9-7-13-27(31)28-18-16-23(20-32(28)35)34-22-10-4-3-5-11-22;11-9-3-1-8-6-10(12)4-2-7(8)5-9;/h3-27H,1-2H3;3-21,34H,1-2H3;1-6H;1H4.